The van der Waals surface area contributed by atoms with Crippen LogP contribution >= 0.6 is 0 Å². The fraction of sp³-hybridized carbons (Fsp3) is 0.923. The zero-order valence-electron chi connectivity index (χ0n) is 11.2. The molecule has 18 heavy (non-hydrogen) atoms. The Bertz CT molecular complexity index is 271. The third-order valence-corrected chi connectivity index (χ3v) is 3.99. The van der Waals surface area contributed by atoms with E-state index in [0.29, 0.717) is 12.6 Å². The summed E-state index contributed by atoms with van der Waals surface area (Å²) in [5, 5.41) is 6.25. The molecule has 104 valence electrons. The molecule has 0 aliphatic carbocycles. The molecule has 2 saturated heterocycles. The van der Waals surface area contributed by atoms with Crippen LogP contribution in [0.1, 0.15) is 32.1 Å². The van der Waals surface area contributed by atoms with Crippen molar-refractivity contribution in [2.75, 3.05) is 33.4 Å². The summed E-state index contributed by atoms with van der Waals surface area (Å²) in [5.41, 5.74) is -0.623. The maximum absolute atomic E-state index is 12.2. The number of ether oxygens (including phenoxy) is 2. The number of rotatable bonds is 5. The molecule has 1 amide bonds. The summed E-state index contributed by atoms with van der Waals surface area (Å²) in [6.07, 6.45) is 4.99. The fourth-order valence-corrected chi connectivity index (χ4v) is 2.73. The molecule has 0 spiro atoms. The normalized spacial score (nSPS) is 27.1. The van der Waals surface area contributed by atoms with E-state index in [9.17, 15) is 4.79 Å². The fourth-order valence-electron chi connectivity index (χ4n) is 2.73. The van der Waals surface area contributed by atoms with E-state index in [-0.39, 0.29) is 5.91 Å². The van der Waals surface area contributed by atoms with Crippen LogP contribution in [-0.4, -0.2) is 51.0 Å². The van der Waals surface area contributed by atoms with Gasteiger partial charge in [-0.05, 0) is 45.2 Å². The Labute approximate surface area is 109 Å². The third-order valence-electron chi connectivity index (χ3n) is 3.99. The number of methoxy groups -OCH3 is 1. The first kappa shape index (κ1) is 13.8. The van der Waals surface area contributed by atoms with E-state index in [4.69, 9.17) is 9.47 Å². The quantitative estimate of drug-likeness (QED) is 0.749. The number of amides is 1. The van der Waals surface area contributed by atoms with E-state index in [1.165, 1.54) is 0 Å². The molecule has 0 aromatic heterocycles. The maximum Gasteiger partial charge on any atom is 0.252 e. The zero-order valence-corrected chi connectivity index (χ0v) is 11.2. The summed E-state index contributed by atoms with van der Waals surface area (Å²) < 4.78 is 11.0. The van der Waals surface area contributed by atoms with Crippen LogP contribution in [0.25, 0.3) is 0 Å². The number of hydrogen-bond acceptors (Lipinski definition) is 4. The van der Waals surface area contributed by atoms with Gasteiger partial charge in [-0.3, -0.25) is 4.79 Å². The summed E-state index contributed by atoms with van der Waals surface area (Å²) in [7, 11) is 1.63. The Morgan fingerprint density at radius 3 is 2.89 bits per heavy atom. The molecule has 0 aromatic carbocycles. The molecule has 0 radical (unpaired) electrons. The van der Waals surface area contributed by atoms with Crippen molar-refractivity contribution in [1.82, 2.24) is 10.6 Å². The molecule has 1 atom stereocenters. The van der Waals surface area contributed by atoms with E-state index in [1.807, 2.05) is 0 Å². The molecular weight excluding hydrogens is 232 g/mol. The second-order valence-electron chi connectivity index (χ2n) is 5.13. The predicted molar refractivity (Wildman–Crippen MR) is 68.4 cm³/mol. The Kier molecular flexibility index (Phi) is 4.97. The van der Waals surface area contributed by atoms with Gasteiger partial charge in [0.25, 0.3) is 5.91 Å². The highest BCUT2D eigenvalue weighted by Crippen LogP contribution is 2.22. The van der Waals surface area contributed by atoms with Crippen molar-refractivity contribution in [2.24, 2.45) is 0 Å². The summed E-state index contributed by atoms with van der Waals surface area (Å²) in [6.45, 7) is 3.23. The van der Waals surface area contributed by atoms with Gasteiger partial charge in [0.15, 0.2) is 0 Å². The number of carbonyl (C=O) groups excluding carboxylic acids is 1. The number of nitrogens with one attached hydrogen (secondary N) is 2. The van der Waals surface area contributed by atoms with Crippen LogP contribution in [0.15, 0.2) is 0 Å². The second-order valence-corrected chi connectivity index (χ2v) is 5.13. The lowest BCUT2D eigenvalue weighted by Crippen LogP contribution is -2.54. The van der Waals surface area contributed by atoms with Gasteiger partial charge in [-0.15, -0.1) is 0 Å². The van der Waals surface area contributed by atoms with Crippen LogP contribution in [-0.2, 0) is 14.3 Å². The molecule has 2 rings (SSSR count). The molecular formula is C13H24N2O3. The van der Waals surface area contributed by atoms with Crippen molar-refractivity contribution in [3.8, 4) is 0 Å². The summed E-state index contributed by atoms with van der Waals surface area (Å²) in [4.78, 5) is 12.2. The average molecular weight is 256 g/mol. The van der Waals surface area contributed by atoms with Crippen LogP contribution in [0.3, 0.4) is 0 Å². The van der Waals surface area contributed by atoms with Crippen LogP contribution in [0.2, 0.25) is 0 Å². The first-order valence-corrected chi connectivity index (χ1v) is 6.93. The van der Waals surface area contributed by atoms with Gasteiger partial charge < -0.3 is 20.1 Å². The highest BCUT2D eigenvalue weighted by atomic mass is 16.5. The topological polar surface area (TPSA) is 59.6 Å². The minimum absolute atomic E-state index is 0.0319. The number of piperidine rings is 1. The van der Waals surface area contributed by atoms with Crippen molar-refractivity contribution in [3.63, 3.8) is 0 Å². The van der Waals surface area contributed by atoms with E-state index in [2.05, 4.69) is 10.6 Å². The molecule has 1 unspecified atom stereocenters. The smallest absolute Gasteiger partial charge is 0.252 e. The van der Waals surface area contributed by atoms with Crippen molar-refractivity contribution in [2.45, 2.75) is 43.8 Å². The Morgan fingerprint density at radius 1 is 1.50 bits per heavy atom. The van der Waals surface area contributed by atoms with Gasteiger partial charge in [0.2, 0.25) is 0 Å². The molecule has 2 fully saturated rings. The standard InChI is InChI=1S/C13H24N2O3/c1-17-13(5-8-14-9-6-13)12(16)15-7-4-11-3-2-10-18-11/h11,14H,2-10H2,1H3,(H,15,16). The highest BCUT2D eigenvalue weighted by molar-refractivity contribution is 5.85. The van der Waals surface area contributed by atoms with Gasteiger partial charge in [0.1, 0.15) is 5.60 Å². The third kappa shape index (κ3) is 3.22. The minimum Gasteiger partial charge on any atom is -0.378 e. The van der Waals surface area contributed by atoms with Gasteiger partial charge in [-0.25, -0.2) is 0 Å². The van der Waals surface area contributed by atoms with Crippen LogP contribution in [0.5, 0.6) is 0 Å². The summed E-state index contributed by atoms with van der Waals surface area (Å²) >= 11 is 0. The van der Waals surface area contributed by atoms with Gasteiger partial charge >= 0.3 is 0 Å². The van der Waals surface area contributed by atoms with Crippen LogP contribution in [0, 0.1) is 0 Å². The van der Waals surface area contributed by atoms with Gasteiger partial charge in [-0.1, -0.05) is 0 Å². The first-order chi connectivity index (χ1) is 8.77. The molecule has 2 heterocycles. The molecule has 0 aromatic rings. The SMILES string of the molecule is COC1(C(=O)NCCC2CCCO2)CCNCC1. The lowest BCUT2D eigenvalue weighted by molar-refractivity contribution is -0.146. The van der Waals surface area contributed by atoms with Crippen molar-refractivity contribution in [3.05, 3.63) is 0 Å². The van der Waals surface area contributed by atoms with Crippen LogP contribution < -0.4 is 10.6 Å². The largest absolute Gasteiger partial charge is 0.378 e. The molecule has 0 saturated carbocycles. The lowest BCUT2D eigenvalue weighted by Gasteiger charge is -2.34. The molecule has 5 heteroatoms. The average Bonchev–Trinajstić information content (AvgIpc) is 2.92. The van der Waals surface area contributed by atoms with Crippen molar-refractivity contribution >= 4 is 5.91 Å². The van der Waals surface area contributed by atoms with E-state index in [0.717, 1.165) is 51.8 Å². The predicted octanol–water partition coefficient (Wildman–Crippen LogP) is 0.440. The van der Waals surface area contributed by atoms with Crippen molar-refractivity contribution < 1.29 is 14.3 Å². The van der Waals surface area contributed by atoms with Gasteiger partial charge in [0, 0.05) is 20.3 Å². The summed E-state index contributed by atoms with van der Waals surface area (Å²) in [5.74, 6) is 0.0319. The van der Waals surface area contributed by atoms with Crippen molar-refractivity contribution in [1.29, 1.82) is 0 Å². The second kappa shape index (κ2) is 6.50. The number of hydrogen-bond donors (Lipinski definition) is 2. The maximum atomic E-state index is 12.2. The highest BCUT2D eigenvalue weighted by Gasteiger charge is 2.39. The molecule has 2 N–H and O–H groups in total. The minimum atomic E-state index is -0.623. The Balaban J connectivity index is 1.74. The molecule has 5 nitrogen and oxygen atoms in total. The van der Waals surface area contributed by atoms with Gasteiger partial charge in [0.05, 0.1) is 6.10 Å². The molecule has 2 aliphatic rings. The van der Waals surface area contributed by atoms with Crippen LogP contribution in [0.4, 0.5) is 0 Å². The van der Waals surface area contributed by atoms with E-state index in [1.54, 1.807) is 7.11 Å². The first-order valence-electron chi connectivity index (χ1n) is 6.93. The monoisotopic (exact) mass is 256 g/mol. The van der Waals surface area contributed by atoms with E-state index < -0.39 is 5.60 Å². The summed E-state index contributed by atoms with van der Waals surface area (Å²) in [6, 6.07) is 0. The molecule has 0 bridgehead atoms. The Hall–Kier alpha value is -0.650. The lowest BCUT2D eigenvalue weighted by atomic mass is 9.91. The zero-order chi connectivity index (χ0) is 12.8. The Morgan fingerprint density at radius 2 is 2.28 bits per heavy atom. The van der Waals surface area contributed by atoms with E-state index >= 15 is 0 Å². The van der Waals surface area contributed by atoms with Gasteiger partial charge in [-0.2, -0.15) is 0 Å². The molecule has 2 aliphatic heterocycles. The number of carbonyl (C=O) groups is 1.